The van der Waals surface area contributed by atoms with Crippen molar-refractivity contribution in [1.29, 1.82) is 0 Å². The van der Waals surface area contributed by atoms with E-state index in [1.165, 1.54) is 0 Å². The van der Waals surface area contributed by atoms with Crippen LogP contribution in [0.3, 0.4) is 0 Å². The molecule has 6 heteroatoms. The van der Waals surface area contributed by atoms with Gasteiger partial charge in [0.15, 0.2) is 0 Å². The van der Waals surface area contributed by atoms with Gasteiger partial charge in [-0.05, 0) is 42.2 Å². The second kappa shape index (κ2) is 8.92. The average Bonchev–Trinajstić information content (AvgIpc) is 2.64. The third-order valence-corrected chi connectivity index (χ3v) is 3.70. The molecule has 0 bridgehead atoms. The number of nitrogens with one attached hydrogen (secondary N) is 1. The van der Waals surface area contributed by atoms with Crippen LogP contribution in [-0.2, 0) is 6.42 Å². The van der Waals surface area contributed by atoms with Crippen molar-refractivity contribution >= 4 is 11.8 Å². The van der Waals surface area contributed by atoms with Crippen molar-refractivity contribution in [2.75, 3.05) is 20.1 Å². The van der Waals surface area contributed by atoms with E-state index in [1.54, 1.807) is 42.5 Å². The largest absolute Gasteiger partial charge is 0.350 e. The molecule has 2 aromatic heterocycles. The van der Waals surface area contributed by atoms with Gasteiger partial charge in [-0.1, -0.05) is 19.9 Å². The summed E-state index contributed by atoms with van der Waals surface area (Å²) in [6.45, 7) is 5.18. The fourth-order valence-corrected chi connectivity index (χ4v) is 2.21. The van der Waals surface area contributed by atoms with E-state index in [4.69, 9.17) is 0 Å². The minimum Gasteiger partial charge on any atom is -0.350 e. The second-order valence-corrected chi connectivity index (χ2v) is 6.34. The lowest BCUT2D eigenvalue weighted by Crippen LogP contribution is -2.31. The molecule has 2 amide bonds. The highest BCUT2D eigenvalue weighted by molar-refractivity contribution is 5.96. The predicted molar refractivity (Wildman–Crippen MR) is 96.3 cm³/mol. The predicted octanol–water partition coefficient (Wildman–Crippen LogP) is 2.18. The quantitative estimate of drug-likeness (QED) is 0.838. The van der Waals surface area contributed by atoms with Crippen molar-refractivity contribution in [2.45, 2.75) is 20.3 Å². The molecule has 1 N–H and O–H groups in total. The molecule has 0 aromatic carbocycles. The van der Waals surface area contributed by atoms with E-state index in [0.29, 0.717) is 19.0 Å². The molecule has 0 aliphatic rings. The molecule has 0 aliphatic carbocycles. The van der Waals surface area contributed by atoms with E-state index in [1.807, 2.05) is 26.0 Å². The van der Waals surface area contributed by atoms with Gasteiger partial charge < -0.3 is 10.2 Å². The number of rotatable bonds is 7. The SMILES string of the molecule is CC(C)CNC(=O)c1cccc(C(=O)N(C)CCc2ccncc2)n1. The molecule has 0 aliphatic heterocycles. The first-order valence-corrected chi connectivity index (χ1v) is 8.37. The average molecular weight is 340 g/mol. The summed E-state index contributed by atoms with van der Waals surface area (Å²) >= 11 is 0. The zero-order valence-corrected chi connectivity index (χ0v) is 14.9. The summed E-state index contributed by atoms with van der Waals surface area (Å²) in [6, 6.07) is 8.78. The summed E-state index contributed by atoms with van der Waals surface area (Å²) in [4.78, 5) is 34.4. The minimum absolute atomic E-state index is 0.201. The van der Waals surface area contributed by atoms with Gasteiger partial charge in [0.05, 0.1) is 0 Å². The molecular formula is C19H24N4O2. The van der Waals surface area contributed by atoms with Gasteiger partial charge in [-0.3, -0.25) is 14.6 Å². The topological polar surface area (TPSA) is 75.2 Å². The van der Waals surface area contributed by atoms with Gasteiger partial charge in [0, 0.05) is 32.5 Å². The van der Waals surface area contributed by atoms with E-state index < -0.39 is 0 Å². The van der Waals surface area contributed by atoms with Crippen LogP contribution in [0.25, 0.3) is 0 Å². The summed E-state index contributed by atoms with van der Waals surface area (Å²) in [5, 5.41) is 2.81. The maximum absolute atomic E-state index is 12.5. The lowest BCUT2D eigenvalue weighted by atomic mass is 10.2. The van der Waals surface area contributed by atoms with Crippen molar-refractivity contribution in [3.05, 3.63) is 59.7 Å². The fourth-order valence-electron chi connectivity index (χ4n) is 2.21. The van der Waals surface area contributed by atoms with E-state index in [2.05, 4.69) is 15.3 Å². The normalized spacial score (nSPS) is 10.6. The fraction of sp³-hybridized carbons (Fsp3) is 0.368. The van der Waals surface area contributed by atoms with Crippen molar-refractivity contribution in [3.8, 4) is 0 Å². The highest BCUT2D eigenvalue weighted by atomic mass is 16.2. The summed E-state index contributed by atoms with van der Waals surface area (Å²) in [6.07, 6.45) is 4.20. The van der Waals surface area contributed by atoms with Crippen LogP contribution in [0, 0.1) is 5.92 Å². The van der Waals surface area contributed by atoms with Crippen molar-refractivity contribution in [3.63, 3.8) is 0 Å². The molecule has 0 fully saturated rings. The van der Waals surface area contributed by atoms with Crippen LogP contribution < -0.4 is 5.32 Å². The van der Waals surface area contributed by atoms with Crippen molar-refractivity contribution < 1.29 is 9.59 Å². The lowest BCUT2D eigenvalue weighted by molar-refractivity contribution is 0.0790. The number of hydrogen-bond donors (Lipinski definition) is 1. The molecule has 6 nitrogen and oxygen atoms in total. The molecule has 2 rings (SSSR count). The van der Waals surface area contributed by atoms with Crippen LogP contribution in [0.4, 0.5) is 0 Å². The van der Waals surface area contributed by atoms with Crippen molar-refractivity contribution in [1.82, 2.24) is 20.2 Å². The van der Waals surface area contributed by atoms with Crippen LogP contribution in [0.5, 0.6) is 0 Å². The van der Waals surface area contributed by atoms with Crippen LogP contribution in [-0.4, -0.2) is 46.8 Å². The highest BCUT2D eigenvalue weighted by Crippen LogP contribution is 2.05. The smallest absolute Gasteiger partial charge is 0.272 e. The van der Waals surface area contributed by atoms with Gasteiger partial charge in [-0.25, -0.2) is 4.98 Å². The molecule has 2 aromatic rings. The first kappa shape index (κ1) is 18.6. The third kappa shape index (κ3) is 5.67. The minimum atomic E-state index is -0.261. The first-order chi connectivity index (χ1) is 12.0. The number of pyridine rings is 2. The summed E-state index contributed by atoms with van der Waals surface area (Å²) in [5.41, 5.74) is 1.65. The summed E-state index contributed by atoms with van der Waals surface area (Å²) in [5.74, 6) is -0.108. The first-order valence-electron chi connectivity index (χ1n) is 8.37. The maximum Gasteiger partial charge on any atom is 0.272 e. The van der Waals surface area contributed by atoms with Gasteiger partial charge in [0.2, 0.25) is 0 Å². The van der Waals surface area contributed by atoms with E-state index >= 15 is 0 Å². The van der Waals surface area contributed by atoms with Crippen LogP contribution in [0.1, 0.15) is 40.4 Å². The monoisotopic (exact) mass is 340 g/mol. The van der Waals surface area contributed by atoms with Gasteiger partial charge in [-0.15, -0.1) is 0 Å². The summed E-state index contributed by atoms with van der Waals surface area (Å²) < 4.78 is 0. The van der Waals surface area contributed by atoms with E-state index in [0.717, 1.165) is 12.0 Å². The van der Waals surface area contributed by atoms with Gasteiger partial charge in [0.1, 0.15) is 11.4 Å². The van der Waals surface area contributed by atoms with Gasteiger partial charge in [0.25, 0.3) is 11.8 Å². The molecule has 0 saturated heterocycles. The molecule has 25 heavy (non-hydrogen) atoms. The molecule has 132 valence electrons. The molecular weight excluding hydrogens is 316 g/mol. The zero-order chi connectivity index (χ0) is 18.2. The molecule has 0 spiro atoms. The Morgan fingerprint density at radius 1 is 1.12 bits per heavy atom. The Balaban J connectivity index is 1.98. The second-order valence-electron chi connectivity index (χ2n) is 6.34. The number of amides is 2. The van der Waals surface area contributed by atoms with Gasteiger partial charge >= 0.3 is 0 Å². The Morgan fingerprint density at radius 2 is 1.80 bits per heavy atom. The summed E-state index contributed by atoms with van der Waals surface area (Å²) in [7, 11) is 1.73. The Labute approximate surface area is 148 Å². The Bertz CT molecular complexity index is 716. The van der Waals surface area contributed by atoms with Crippen LogP contribution in [0.2, 0.25) is 0 Å². The molecule has 0 saturated carbocycles. The number of carbonyl (C=O) groups is 2. The van der Waals surface area contributed by atoms with E-state index in [9.17, 15) is 9.59 Å². The molecule has 0 atom stereocenters. The van der Waals surface area contributed by atoms with Gasteiger partial charge in [-0.2, -0.15) is 0 Å². The standard InChI is InChI=1S/C19H24N4O2/c1-14(2)13-21-18(24)16-5-4-6-17(22-16)19(25)23(3)12-9-15-7-10-20-11-8-15/h4-8,10-11,14H,9,12-13H2,1-3H3,(H,21,24). The van der Waals surface area contributed by atoms with Crippen LogP contribution in [0.15, 0.2) is 42.7 Å². The number of likely N-dealkylation sites (N-methyl/N-ethyl adjacent to an activating group) is 1. The Hall–Kier alpha value is -2.76. The van der Waals surface area contributed by atoms with Crippen LogP contribution >= 0.6 is 0 Å². The Kier molecular flexibility index (Phi) is 6.62. The third-order valence-electron chi connectivity index (χ3n) is 3.70. The highest BCUT2D eigenvalue weighted by Gasteiger charge is 2.16. The number of carbonyl (C=O) groups excluding carboxylic acids is 2. The maximum atomic E-state index is 12.5. The zero-order valence-electron chi connectivity index (χ0n) is 14.9. The Morgan fingerprint density at radius 3 is 2.48 bits per heavy atom. The lowest BCUT2D eigenvalue weighted by Gasteiger charge is -2.17. The number of aromatic nitrogens is 2. The molecule has 0 radical (unpaired) electrons. The number of nitrogens with zero attached hydrogens (tertiary/aromatic N) is 3. The number of hydrogen-bond acceptors (Lipinski definition) is 4. The van der Waals surface area contributed by atoms with Crippen molar-refractivity contribution in [2.24, 2.45) is 5.92 Å². The molecule has 0 unspecified atom stereocenters. The van der Waals surface area contributed by atoms with E-state index in [-0.39, 0.29) is 23.2 Å². The molecule has 2 heterocycles.